The molecule has 1 aliphatic carbocycles. The molecule has 8 heteroatoms. The molecule has 19 heavy (non-hydrogen) atoms. The number of hydrogen-bond donors (Lipinski definition) is 4. The summed E-state index contributed by atoms with van der Waals surface area (Å²) in [5.74, 6) is -0.136. The summed E-state index contributed by atoms with van der Waals surface area (Å²) in [5.41, 5.74) is 5.90. The number of anilines is 2. The predicted molar refractivity (Wildman–Crippen MR) is 72.5 cm³/mol. The van der Waals surface area contributed by atoms with Crippen molar-refractivity contribution >= 4 is 27.5 Å². The summed E-state index contributed by atoms with van der Waals surface area (Å²) in [6.07, 6.45) is 1.56. The molecule has 1 aromatic rings. The maximum atomic E-state index is 12.0. The highest BCUT2D eigenvalue weighted by Gasteiger charge is 2.48. The second-order valence-electron chi connectivity index (χ2n) is 4.67. The zero-order valence-electron chi connectivity index (χ0n) is 10.2. The Balaban J connectivity index is 2.09. The Labute approximate surface area is 111 Å². The summed E-state index contributed by atoms with van der Waals surface area (Å²) in [6.45, 7) is 0.313. The Morgan fingerprint density at radius 3 is 2.47 bits per heavy atom. The summed E-state index contributed by atoms with van der Waals surface area (Å²) < 4.78 is 24.0. The van der Waals surface area contributed by atoms with Crippen molar-refractivity contribution in [3.05, 3.63) is 24.3 Å². The van der Waals surface area contributed by atoms with E-state index in [1.165, 1.54) is 12.1 Å². The van der Waals surface area contributed by atoms with Gasteiger partial charge in [-0.1, -0.05) is 6.07 Å². The Morgan fingerprint density at radius 1 is 1.32 bits per heavy atom. The molecule has 0 saturated heterocycles. The largest absolute Gasteiger partial charge is 0.329 e. The predicted octanol–water partition coefficient (Wildman–Crippen LogP) is -0.0206. The number of rotatable bonds is 5. The van der Waals surface area contributed by atoms with E-state index in [-0.39, 0.29) is 11.6 Å². The summed E-state index contributed by atoms with van der Waals surface area (Å²) in [5, 5.41) is 7.60. The maximum Gasteiger partial charge on any atom is 0.296 e. The Hall–Kier alpha value is -1.64. The third kappa shape index (κ3) is 3.43. The van der Waals surface area contributed by atoms with Crippen LogP contribution in [0.5, 0.6) is 0 Å². The molecule has 1 fully saturated rings. The molecular weight excluding hydrogens is 268 g/mol. The maximum absolute atomic E-state index is 12.0. The molecule has 1 saturated carbocycles. The number of carbonyl (C=O) groups is 1. The summed E-state index contributed by atoms with van der Waals surface area (Å²) >= 11 is 0. The van der Waals surface area contributed by atoms with Crippen LogP contribution in [0.2, 0.25) is 0 Å². The van der Waals surface area contributed by atoms with E-state index in [1.54, 1.807) is 12.1 Å². The standard InChI is InChI=1S/C11H16N4O3S/c12-7-11(4-5-11)10(16)14-8-2-1-3-9(6-8)15-19(13,17)18/h1-3,6,15H,4-5,7,12H2,(H,14,16)(H2,13,17,18). The molecule has 0 unspecified atom stereocenters. The zero-order chi connectivity index (χ0) is 14.1. The van der Waals surface area contributed by atoms with Crippen LogP contribution in [-0.4, -0.2) is 20.9 Å². The first-order valence-electron chi connectivity index (χ1n) is 5.77. The minimum atomic E-state index is -3.83. The molecule has 1 aliphatic rings. The molecule has 0 aliphatic heterocycles. The molecule has 0 heterocycles. The molecule has 6 N–H and O–H groups in total. The summed E-state index contributed by atoms with van der Waals surface area (Å²) in [6, 6.07) is 6.31. The fourth-order valence-corrected chi connectivity index (χ4v) is 2.22. The minimum absolute atomic E-state index is 0.136. The van der Waals surface area contributed by atoms with Gasteiger partial charge in [-0.2, -0.15) is 8.42 Å². The van der Waals surface area contributed by atoms with Gasteiger partial charge >= 0.3 is 0 Å². The first kappa shape index (κ1) is 13.8. The van der Waals surface area contributed by atoms with Crippen molar-refractivity contribution in [3.63, 3.8) is 0 Å². The third-order valence-corrected chi connectivity index (χ3v) is 3.63. The van der Waals surface area contributed by atoms with Gasteiger partial charge in [0.05, 0.1) is 11.1 Å². The van der Waals surface area contributed by atoms with E-state index < -0.39 is 15.6 Å². The molecular formula is C11H16N4O3S. The zero-order valence-corrected chi connectivity index (χ0v) is 11.0. The van der Waals surface area contributed by atoms with Crippen LogP contribution in [0.15, 0.2) is 24.3 Å². The minimum Gasteiger partial charge on any atom is -0.329 e. The lowest BCUT2D eigenvalue weighted by Crippen LogP contribution is -2.30. The number of hydrogen-bond acceptors (Lipinski definition) is 4. The molecule has 2 rings (SSSR count). The highest BCUT2D eigenvalue weighted by atomic mass is 32.2. The van der Waals surface area contributed by atoms with Gasteiger partial charge in [-0.3, -0.25) is 9.52 Å². The van der Waals surface area contributed by atoms with Gasteiger partial charge in [0.1, 0.15) is 0 Å². The van der Waals surface area contributed by atoms with E-state index in [1.807, 2.05) is 0 Å². The van der Waals surface area contributed by atoms with Crippen molar-refractivity contribution in [2.75, 3.05) is 16.6 Å². The third-order valence-electron chi connectivity index (χ3n) is 3.11. The lowest BCUT2D eigenvalue weighted by molar-refractivity contribution is -0.120. The SMILES string of the molecule is NCC1(C(=O)Nc2cccc(NS(N)(=O)=O)c2)CC1. The van der Waals surface area contributed by atoms with Crippen molar-refractivity contribution in [2.24, 2.45) is 16.3 Å². The lowest BCUT2D eigenvalue weighted by Gasteiger charge is -2.13. The van der Waals surface area contributed by atoms with Crippen molar-refractivity contribution in [2.45, 2.75) is 12.8 Å². The molecule has 0 atom stereocenters. The molecule has 1 aromatic carbocycles. The first-order valence-corrected chi connectivity index (χ1v) is 7.31. The Morgan fingerprint density at radius 2 is 1.95 bits per heavy atom. The van der Waals surface area contributed by atoms with Gasteiger partial charge in [-0.15, -0.1) is 0 Å². The number of carbonyl (C=O) groups excluding carboxylic acids is 1. The average molecular weight is 284 g/mol. The number of benzene rings is 1. The van der Waals surface area contributed by atoms with E-state index in [4.69, 9.17) is 10.9 Å². The fourth-order valence-electron chi connectivity index (χ4n) is 1.76. The molecule has 1 amide bonds. The topological polar surface area (TPSA) is 127 Å². The van der Waals surface area contributed by atoms with Crippen LogP contribution in [0.4, 0.5) is 11.4 Å². The van der Waals surface area contributed by atoms with E-state index in [0.29, 0.717) is 12.2 Å². The normalized spacial score (nSPS) is 16.7. The van der Waals surface area contributed by atoms with Gasteiger partial charge in [-0.05, 0) is 31.0 Å². The van der Waals surface area contributed by atoms with Gasteiger partial charge < -0.3 is 11.1 Å². The van der Waals surface area contributed by atoms with Crippen molar-refractivity contribution in [1.29, 1.82) is 0 Å². The average Bonchev–Trinajstić information content (AvgIpc) is 3.07. The summed E-state index contributed by atoms with van der Waals surface area (Å²) in [4.78, 5) is 12.0. The van der Waals surface area contributed by atoms with Crippen molar-refractivity contribution < 1.29 is 13.2 Å². The molecule has 104 valence electrons. The van der Waals surface area contributed by atoms with Crippen LogP contribution < -0.4 is 20.9 Å². The van der Waals surface area contributed by atoms with Crippen molar-refractivity contribution in [1.82, 2.24) is 0 Å². The lowest BCUT2D eigenvalue weighted by atomic mass is 10.1. The highest BCUT2D eigenvalue weighted by molar-refractivity contribution is 7.90. The van der Waals surface area contributed by atoms with Crippen LogP contribution in [0.25, 0.3) is 0 Å². The van der Waals surface area contributed by atoms with E-state index in [0.717, 1.165) is 12.8 Å². The monoisotopic (exact) mass is 284 g/mol. The van der Waals surface area contributed by atoms with Gasteiger partial charge in [0, 0.05) is 12.2 Å². The highest BCUT2D eigenvalue weighted by Crippen LogP contribution is 2.45. The first-order chi connectivity index (χ1) is 8.85. The molecule has 0 bridgehead atoms. The number of nitrogens with one attached hydrogen (secondary N) is 2. The second kappa shape index (κ2) is 4.80. The molecule has 0 radical (unpaired) electrons. The second-order valence-corrected chi connectivity index (χ2v) is 5.96. The van der Waals surface area contributed by atoms with E-state index >= 15 is 0 Å². The van der Waals surface area contributed by atoms with Gasteiger partial charge in [-0.25, -0.2) is 5.14 Å². The number of nitrogens with two attached hydrogens (primary N) is 2. The van der Waals surface area contributed by atoms with E-state index in [9.17, 15) is 13.2 Å². The molecule has 0 spiro atoms. The van der Waals surface area contributed by atoms with Crippen LogP contribution in [0, 0.1) is 5.41 Å². The Kier molecular flexibility index (Phi) is 3.48. The quantitative estimate of drug-likeness (QED) is 0.605. The number of amides is 1. The van der Waals surface area contributed by atoms with Gasteiger partial charge in [0.15, 0.2) is 0 Å². The van der Waals surface area contributed by atoms with E-state index in [2.05, 4.69) is 10.0 Å². The van der Waals surface area contributed by atoms with Crippen LogP contribution in [0.3, 0.4) is 0 Å². The van der Waals surface area contributed by atoms with Crippen LogP contribution in [0.1, 0.15) is 12.8 Å². The van der Waals surface area contributed by atoms with Gasteiger partial charge in [0.25, 0.3) is 10.2 Å². The molecule has 0 aromatic heterocycles. The fraction of sp³-hybridized carbons (Fsp3) is 0.364. The van der Waals surface area contributed by atoms with Crippen molar-refractivity contribution in [3.8, 4) is 0 Å². The van der Waals surface area contributed by atoms with Crippen LogP contribution >= 0.6 is 0 Å². The van der Waals surface area contributed by atoms with Crippen LogP contribution in [-0.2, 0) is 15.0 Å². The molecule has 7 nitrogen and oxygen atoms in total. The summed E-state index contributed by atoms with van der Waals surface area (Å²) in [7, 11) is -3.83. The Bertz CT molecular complexity index is 596. The van der Waals surface area contributed by atoms with Gasteiger partial charge in [0.2, 0.25) is 5.91 Å². The smallest absolute Gasteiger partial charge is 0.296 e.